The van der Waals surface area contributed by atoms with E-state index in [1.54, 1.807) is 30.6 Å². The van der Waals surface area contributed by atoms with Crippen LogP contribution in [-0.2, 0) is 16.6 Å². The van der Waals surface area contributed by atoms with E-state index in [1.807, 2.05) is 18.2 Å². The van der Waals surface area contributed by atoms with Gasteiger partial charge < -0.3 is 10.4 Å². The first kappa shape index (κ1) is 21.3. The quantitative estimate of drug-likeness (QED) is 0.606. The summed E-state index contributed by atoms with van der Waals surface area (Å²) in [5.74, 6) is 0. The molecule has 3 N–H and O–H groups in total. The van der Waals surface area contributed by atoms with Gasteiger partial charge in [0.1, 0.15) is 0 Å². The highest BCUT2D eigenvalue weighted by Crippen LogP contribution is 2.18. The van der Waals surface area contributed by atoms with Crippen molar-refractivity contribution < 1.29 is 13.5 Å². The lowest BCUT2D eigenvalue weighted by molar-refractivity contribution is 0.160. The van der Waals surface area contributed by atoms with Crippen LogP contribution in [0, 0.1) is 0 Å². The average molecular weight is 393 g/mol. The Bertz CT molecular complexity index is 822. The molecule has 1 aromatic heterocycles. The second-order valence-electron chi connectivity index (χ2n) is 7.33. The summed E-state index contributed by atoms with van der Waals surface area (Å²) >= 11 is 0. The van der Waals surface area contributed by atoms with Crippen molar-refractivity contribution in [1.29, 1.82) is 0 Å². The fourth-order valence-corrected chi connectivity index (χ4v) is 3.18. The van der Waals surface area contributed by atoms with Crippen molar-refractivity contribution in [1.82, 2.24) is 14.6 Å². The molecule has 0 radical (unpaired) electrons. The van der Waals surface area contributed by atoms with Crippen molar-refractivity contribution in [3.8, 4) is 0 Å². The second-order valence-corrected chi connectivity index (χ2v) is 9.21. The monoisotopic (exact) mass is 392 g/mol. The van der Waals surface area contributed by atoms with Gasteiger partial charge in [-0.05, 0) is 44.0 Å². The van der Waals surface area contributed by atoms with Gasteiger partial charge in [0.15, 0.2) is 0 Å². The van der Waals surface area contributed by atoms with Gasteiger partial charge in [-0.15, -0.1) is 0 Å². The normalized spacial score (nSPS) is 13.6. The van der Waals surface area contributed by atoms with Crippen LogP contribution in [0.15, 0.2) is 48.8 Å². The van der Waals surface area contributed by atoms with E-state index in [0.29, 0.717) is 12.2 Å². The van der Waals surface area contributed by atoms with Gasteiger partial charge in [-0.2, -0.15) is 12.7 Å². The first-order valence-electron chi connectivity index (χ1n) is 8.71. The Hall–Kier alpha value is -2.00. The van der Waals surface area contributed by atoms with Crippen LogP contribution in [0.4, 0.5) is 5.69 Å². The van der Waals surface area contributed by atoms with Gasteiger partial charge in [0.25, 0.3) is 0 Å². The molecule has 1 aromatic carbocycles. The van der Waals surface area contributed by atoms with E-state index in [0.717, 1.165) is 21.9 Å². The predicted molar refractivity (Wildman–Crippen MR) is 108 cm³/mol. The Morgan fingerprint density at radius 1 is 1.19 bits per heavy atom. The zero-order chi connectivity index (χ0) is 20.1. The number of anilines is 1. The molecule has 2 rings (SSSR count). The van der Waals surface area contributed by atoms with E-state index in [-0.39, 0.29) is 5.54 Å². The second kappa shape index (κ2) is 8.79. The summed E-state index contributed by atoms with van der Waals surface area (Å²) in [4.78, 5) is 4.02. The molecule has 0 bridgehead atoms. The number of rotatable bonds is 9. The van der Waals surface area contributed by atoms with Crippen LogP contribution >= 0.6 is 0 Å². The molecule has 1 unspecified atom stereocenters. The number of nitrogens with one attached hydrogen (secondary N) is 2. The minimum absolute atomic E-state index is 0.242. The Balaban J connectivity index is 1.93. The molecule has 0 fully saturated rings. The van der Waals surface area contributed by atoms with Crippen LogP contribution in [0.1, 0.15) is 31.1 Å². The van der Waals surface area contributed by atoms with E-state index in [9.17, 15) is 13.5 Å². The lowest BCUT2D eigenvalue weighted by atomic mass is 9.94. The third-order valence-electron chi connectivity index (χ3n) is 4.17. The third-order valence-corrected chi connectivity index (χ3v) is 5.63. The van der Waals surface area contributed by atoms with Crippen LogP contribution in [0.5, 0.6) is 0 Å². The summed E-state index contributed by atoms with van der Waals surface area (Å²) in [7, 11) is -0.552. The number of hydrogen-bond acceptors (Lipinski definition) is 5. The van der Waals surface area contributed by atoms with Crippen molar-refractivity contribution in [2.45, 2.75) is 31.9 Å². The number of hydrogen-bond donors (Lipinski definition) is 3. The number of aliphatic hydroxyl groups excluding tert-OH is 1. The maximum Gasteiger partial charge on any atom is 0.301 e. The van der Waals surface area contributed by atoms with E-state index in [4.69, 9.17) is 0 Å². The minimum Gasteiger partial charge on any atom is -0.387 e. The molecule has 1 heterocycles. The highest BCUT2D eigenvalue weighted by atomic mass is 32.2. The van der Waals surface area contributed by atoms with Crippen LogP contribution in [0.3, 0.4) is 0 Å². The molecular formula is C19H28N4O3S. The predicted octanol–water partition coefficient (Wildman–Crippen LogP) is 1.94. The molecule has 2 aromatic rings. The van der Waals surface area contributed by atoms with Crippen LogP contribution < -0.4 is 10.0 Å². The fraction of sp³-hybridized carbons (Fsp3) is 0.421. The van der Waals surface area contributed by atoms with Gasteiger partial charge in [0.05, 0.1) is 6.10 Å². The molecule has 7 nitrogen and oxygen atoms in total. The van der Waals surface area contributed by atoms with Crippen LogP contribution in [0.25, 0.3) is 0 Å². The van der Waals surface area contributed by atoms with E-state index < -0.39 is 16.3 Å². The Labute approximate surface area is 161 Å². The number of pyridine rings is 1. The number of benzene rings is 1. The SMILES string of the molecule is CN(C)S(=O)(=O)Nc1ccc(CC(C)(C)NCC(O)c2cccnc2)cc1. The topological polar surface area (TPSA) is 94.6 Å². The van der Waals surface area contributed by atoms with E-state index in [1.165, 1.54) is 14.1 Å². The molecule has 148 valence electrons. The van der Waals surface area contributed by atoms with Crippen molar-refractivity contribution in [2.24, 2.45) is 0 Å². The summed E-state index contributed by atoms with van der Waals surface area (Å²) < 4.78 is 27.3. The number of β-amino-alcohol motifs (C(OH)–C–C–N with tert-alkyl or cyclic N) is 1. The molecule has 0 aliphatic rings. The summed E-state index contributed by atoms with van der Waals surface area (Å²) in [5, 5.41) is 13.6. The Morgan fingerprint density at radius 3 is 2.41 bits per heavy atom. The van der Waals surface area contributed by atoms with Crippen molar-refractivity contribution in [2.75, 3.05) is 25.4 Å². The third kappa shape index (κ3) is 6.59. The Morgan fingerprint density at radius 2 is 1.85 bits per heavy atom. The van der Waals surface area contributed by atoms with Gasteiger partial charge in [-0.3, -0.25) is 9.71 Å². The van der Waals surface area contributed by atoms with Gasteiger partial charge >= 0.3 is 10.2 Å². The minimum atomic E-state index is -3.51. The number of aliphatic hydroxyl groups is 1. The zero-order valence-corrected chi connectivity index (χ0v) is 17.0. The Kier molecular flexibility index (Phi) is 6.94. The molecule has 0 aliphatic heterocycles. The lowest BCUT2D eigenvalue weighted by Crippen LogP contribution is -2.43. The maximum atomic E-state index is 11.9. The molecule has 0 saturated heterocycles. The van der Waals surface area contributed by atoms with Crippen molar-refractivity contribution in [3.63, 3.8) is 0 Å². The number of nitrogens with zero attached hydrogens (tertiary/aromatic N) is 2. The van der Waals surface area contributed by atoms with Crippen LogP contribution in [0.2, 0.25) is 0 Å². The molecule has 0 amide bonds. The highest BCUT2D eigenvalue weighted by molar-refractivity contribution is 7.90. The molecule has 8 heteroatoms. The standard InChI is InChI=1S/C19H28N4O3S/c1-19(2,21-14-18(24)16-6-5-11-20-13-16)12-15-7-9-17(10-8-15)22-27(25,26)23(3)4/h5-11,13,18,21-22,24H,12,14H2,1-4H3. The zero-order valence-electron chi connectivity index (χ0n) is 16.2. The van der Waals surface area contributed by atoms with Crippen LogP contribution in [-0.4, -0.2) is 49.0 Å². The van der Waals surface area contributed by atoms with E-state index in [2.05, 4.69) is 28.9 Å². The summed E-state index contributed by atoms with van der Waals surface area (Å²) in [6.45, 7) is 4.54. The van der Waals surface area contributed by atoms with Gasteiger partial charge in [-0.1, -0.05) is 18.2 Å². The molecule has 0 spiro atoms. The van der Waals surface area contributed by atoms with Gasteiger partial charge in [0, 0.05) is 49.8 Å². The summed E-state index contributed by atoms with van der Waals surface area (Å²) in [5.41, 5.74) is 2.12. The fourth-order valence-electron chi connectivity index (χ4n) is 2.57. The van der Waals surface area contributed by atoms with Gasteiger partial charge in [0.2, 0.25) is 0 Å². The highest BCUT2D eigenvalue weighted by Gasteiger charge is 2.20. The van der Waals surface area contributed by atoms with E-state index >= 15 is 0 Å². The maximum absolute atomic E-state index is 11.9. The summed E-state index contributed by atoms with van der Waals surface area (Å²) in [6, 6.07) is 10.9. The lowest BCUT2D eigenvalue weighted by Gasteiger charge is -2.28. The van der Waals surface area contributed by atoms with Gasteiger partial charge in [-0.25, -0.2) is 0 Å². The first-order chi connectivity index (χ1) is 12.6. The molecule has 1 atom stereocenters. The van der Waals surface area contributed by atoms with Crippen molar-refractivity contribution in [3.05, 3.63) is 59.9 Å². The smallest absolute Gasteiger partial charge is 0.301 e. The molecule has 27 heavy (non-hydrogen) atoms. The molecule has 0 saturated carbocycles. The number of aromatic nitrogens is 1. The molecule has 0 aliphatic carbocycles. The first-order valence-corrected chi connectivity index (χ1v) is 10.2. The van der Waals surface area contributed by atoms with Crippen molar-refractivity contribution >= 4 is 15.9 Å². The largest absolute Gasteiger partial charge is 0.387 e. The molecular weight excluding hydrogens is 364 g/mol. The average Bonchev–Trinajstić information content (AvgIpc) is 2.61. The summed E-state index contributed by atoms with van der Waals surface area (Å²) in [6.07, 6.45) is 3.44.